The van der Waals surface area contributed by atoms with Gasteiger partial charge in [-0.25, -0.2) is 12.7 Å². The number of aromatic nitrogens is 2. The first-order valence-corrected chi connectivity index (χ1v) is 8.08. The Hall–Kier alpha value is -1.86. The van der Waals surface area contributed by atoms with Crippen LogP contribution in [0, 0.1) is 0 Å². The van der Waals surface area contributed by atoms with Gasteiger partial charge in [0.15, 0.2) is 0 Å². The number of anilines is 1. The van der Waals surface area contributed by atoms with Crippen molar-refractivity contribution in [2.75, 3.05) is 26.0 Å². The van der Waals surface area contributed by atoms with Crippen LogP contribution in [0.15, 0.2) is 41.4 Å². The third-order valence-electron chi connectivity index (χ3n) is 3.27. The fourth-order valence-electron chi connectivity index (χ4n) is 1.94. The van der Waals surface area contributed by atoms with Crippen molar-refractivity contribution in [3.8, 4) is 0 Å². The van der Waals surface area contributed by atoms with Gasteiger partial charge in [0.1, 0.15) is 0 Å². The molecule has 0 aliphatic heterocycles. The smallest absolute Gasteiger partial charge is 0.242 e. The fraction of sp³-hybridized carbons (Fsp3) is 0.357. The van der Waals surface area contributed by atoms with Gasteiger partial charge in [0, 0.05) is 51.7 Å². The molecule has 0 saturated heterocycles. The molecule has 0 aliphatic rings. The van der Waals surface area contributed by atoms with Gasteiger partial charge in [0.2, 0.25) is 10.0 Å². The zero-order chi connectivity index (χ0) is 15.5. The van der Waals surface area contributed by atoms with E-state index >= 15 is 0 Å². The van der Waals surface area contributed by atoms with Gasteiger partial charge in [-0.15, -0.1) is 0 Å². The Morgan fingerprint density at radius 2 is 1.86 bits per heavy atom. The number of nitrogens with zero attached hydrogens (tertiary/aromatic N) is 3. The van der Waals surface area contributed by atoms with Crippen LogP contribution in [0.25, 0.3) is 0 Å². The number of nitrogens with one attached hydrogen (secondary N) is 1. The quantitative estimate of drug-likeness (QED) is 0.874. The summed E-state index contributed by atoms with van der Waals surface area (Å²) < 4.78 is 26.9. The van der Waals surface area contributed by atoms with Gasteiger partial charge in [-0.2, -0.15) is 5.10 Å². The Kier molecular flexibility index (Phi) is 4.64. The van der Waals surface area contributed by atoms with Crippen LogP contribution >= 0.6 is 0 Å². The van der Waals surface area contributed by atoms with Crippen LogP contribution in [0.4, 0.5) is 5.69 Å². The molecular formula is C14H20N4O2S. The molecule has 0 spiro atoms. The second-order valence-electron chi connectivity index (χ2n) is 4.93. The van der Waals surface area contributed by atoms with E-state index in [0.29, 0.717) is 4.90 Å². The summed E-state index contributed by atoms with van der Waals surface area (Å²) in [5.74, 6) is 0. The van der Waals surface area contributed by atoms with E-state index in [1.807, 2.05) is 17.8 Å². The Balaban J connectivity index is 1.96. The summed E-state index contributed by atoms with van der Waals surface area (Å²) in [5, 5.41) is 7.38. The lowest BCUT2D eigenvalue weighted by Gasteiger charge is -2.12. The van der Waals surface area contributed by atoms with Gasteiger partial charge in [-0.05, 0) is 30.3 Å². The molecule has 6 nitrogen and oxygen atoms in total. The van der Waals surface area contributed by atoms with Crippen LogP contribution in [0.3, 0.4) is 0 Å². The summed E-state index contributed by atoms with van der Waals surface area (Å²) in [6.45, 7) is 0.763. The normalized spacial score (nSPS) is 11.8. The summed E-state index contributed by atoms with van der Waals surface area (Å²) in [6.07, 6.45) is 2.63. The van der Waals surface area contributed by atoms with Crippen molar-refractivity contribution in [3.63, 3.8) is 0 Å². The van der Waals surface area contributed by atoms with E-state index in [1.165, 1.54) is 18.4 Å². The molecule has 0 fully saturated rings. The molecule has 1 heterocycles. The lowest BCUT2D eigenvalue weighted by Crippen LogP contribution is -2.22. The van der Waals surface area contributed by atoms with Gasteiger partial charge < -0.3 is 5.32 Å². The van der Waals surface area contributed by atoms with Crippen molar-refractivity contribution < 1.29 is 8.42 Å². The first-order valence-electron chi connectivity index (χ1n) is 6.64. The lowest BCUT2D eigenvalue weighted by atomic mass is 10.3. The number of rotatable bonds is 6. The van der Waals surface area contributed by atoms with E-state index in [1.54, 1.807) is 30.5 Å². The molecule has 0 saturated carbocycles. The van der Waals surface area contributed by atoms with Crippen molar-refractivity contribution >= 4 is 15.7 Å². The van der Waals surface area contributed by atoms with Crippen molar-refractivity contribution in [1.29, 1.82) is 0 Å². The van der Waals surface area contributed by atoms with E-state index < -0.39 is 10.0 Å². The molecule has 0 aliphatic carbocycles. The lowest BCUT2D eigenvalue weighted by molar-refractivity contribution is 0.521. The number of sulfonamides is 1. The van der Waals surface area contributed by atoms with E-state index in [-0.39, 0.29) is 0 Å². The van der Waals surface area contributed by atoms with E-state index in [2.05, 4.69) is 10.4 Å². The monoisotopic (exact) mass is 308 g/mol. The van der Waals surface area contributed by atoms with E-state index in [4.69, 9.17) is 0 Å². The summed E-state index contributed by atoms with van der Waals surface area (Å²) in [7, 11) is 1.60. The maximum absolute atomic E-state index is 11.9. The molecule has 114 valence electrons. The second-order valence-corrected chi connectivity index (χ2v) is 7.09. The van der Waals surface area contributed by atoms with Gasteiger partial charge in [0.05, 0.1) is 4.90 Å². The summed E-state index contributed by atoms with van der Waals surface area (Å²) in [6, 6.07) is 8.76. The topological polar surface area (TPSA) is 67.2 Å². The van der Waals surface area contributed by atoms with Crippen molar-refractivity contribution in [2.45, 2.75) is 11.3 Å². The highest BCUT2D eigenvalue weighted by molar-refractivity contribution is 7.89. The largest absolute Gasteiger partial charge is 0.385 e. The summed E-state index contributed by atoms with van der Waals surface area (Å²) in [5.41, 5.74) is 2.05. The maximum atomic E-state index is 11.9. The highest BCUT2D eigenvalue weighted by Gasteiger charge is 2.16. The molecule has 2 aromatic rings. The van der Waals surface area contributed by atoms with Crippen LogP contribution in [0.2, 0.25) is 0 Å². The number of hydrogen-bond acceptors (Lipinski definition) is 4. The number of hydrogen-bond donors (Lipinski definition) is 1. The maximum Gasteiger partial charge on any atom is 0.242 e. The zero-order valence-electron chi connectivity index (χ0n) is 12.4. The highest BCUT2D eigenvalue weighted by Crippen LogP contribution is 2.16. The van der Waals surface area contributed by atoms with E-state index in [9.17, 15) is 8.42 Å². The Labute approximate surface area is 125 Å². The predicted molar refractivity (Wildman–Crippen MR) is 82.7 cm³/mol. The van der Waals surface area contributed by atoms with Crippen LogP contribution < -0.4 is 5.32 Å². The molecule has 1 aromatic heterocycles. The second kappa shape index (κ2) is 6.28. The third kappa shape index (κ3) is 3.62. The molecular weight excluding hydrogens is 288 g/mol. The van der Waals surface area contributed by atoms with Crippen molar-refractivity contribution in [2.24, 2.45) is 7.05 Å². The van der Waals surface area contributed by atoms with Crippen molar-refractivity contribution in [1.82, 2.24) is 14.1 Å². The summed E-state index contributed by atoms with van der Waals surface area (Å²) >= 11 is 0. The van der Waals surface area contributed by atoms with Gasteiger partial charge in [-0.3, -0.25) is 4.68 Å². The molecule has 1 N–H and O–H groups in total. The molecule has 0 amide bonds. The first kappa shape index (κ1) is 15.5. The average Bonchev–Trinajstić information content (AvgIpc) is 2.85. The summed E-state index contributed by atoms with van der Waals surface area (Å²) in [4.78, 5) is 0.296. The first-order chi connectivity index (χ1) is 9.91. The molecule has 0 bridgehead atoms. The zero-order valence-corrected chi connectivity index (χ0v) is 13.3. The van der Waals surface area contributed by atoms with E-state index in [0.717, 1.165) is 24.3 Å². The van der Waals surface area contributed by atoms with Crippen LogP contribution in [-0.2, 0) is 23.5 Å². The van der Waals surface area contributed by atoms with Crippen LogP contribution in [0.5, 0.6) is 0 Å². The number of benzene rings is 1. The van der Waals surface area contributed by atoms with Gasteiger partial charge in [-0.1, -0.05) is 0 Å². The molecule has 0 unspecified atom stereocenters. The molecule has 0 radical (unpaired) electrons. The molecule has 0 atom stereocenters. The molecule has 7 heteroatoms. The van der Waals surface area contributed by atoms with Gasteiger partial charge >= 0.3 is 0 Å². The Bertz CT molecular complexity index is 690. The average molecular weight is 308 g/mol. The minimum absolute atomic E-state index is 0.296. The number of aryl methyl sites for hydroxylation is 1. The van der Waals surface area contributed by atoms with Crippen LogP contribution in [-0.4, -0.2) is 43.1 Å². The predicted octanol–water partition coefficient (Wildman–Crippen LogP) is 1.32. The van der Waals surface area contributed by atoms with Gasteiger partial charge in [0.25, 0.3) is 0 Å². The van der Waals surface area contributed by atoms with Crippen molar-refractivity contribution in [3.05, 3.63) is 42.2 Å². The van der Waals surface area contributed by atoms with Crippen LogP contribution in [0.1, 0.15) is 5.69 Å². The molecule has 21 heavy (non-hydrogen) atoms. The highest BCUT2D eigenvalue weighted by atomic mass is 32.2. The molecule has 2 rings (SSSR count). The fourth-order valence-corrected chi connectivity index (χ4v) is 2.84. The SMILES string of the molecule is CN(C)S(=O)(=O)c1ccc(NCCc2ccnn2C)cc1. The minimum Gasteiger partial charge on any atom is -0.385 e. The molecule has 1 aromatic carbocycles. The third-order valence-corrected chi connectivity index (χ3v) is 5.09. The standard InChI is InChI=1S/C14H20N4O2S/c1-17(2)21(19,20)14-6-4-12(5-7-14)15-10-8-13-9-11-16-18(13)3/h4-7,9,11,15H,8,10H2,1-3H3. The minimum atomic E-state index is -3.36. The Morgan fingerprint density at radius 1 is 1.19 bits per heavy atom. The Morgan fingerprint density at radius 3 is 2.38 bits per heavy atom.